The van der Waals surface area contributed by atoms with Gasteiger partial charge in [0.05, 0.1) is 18.8 Å². The average molecular weight is 273 g/mol. The van der Waals surface area contributed by atoms with Crippen molar-refractivity contribution in [1.29, 1.82) is 0 Å². The normalized spacial score (nSPS) is 16.1. The van der Waals surface area contributed by atoms with E-state index in [1.165, 1.54) is 12.8 Å². The van der Waals surface area contributed by atoms with Crippen molar-refractivity contribution in [1.82, 2.24) is 20.2 Å². The van der Waals surface area contributed by atoms with Crippen LogP contribution in [-0.2, 0) is 6.54 Å². The van der Waals surface area contributed by atoms with Gasteiger partial charge in [-0.1, -0.05) is 6.92 Å². The molecule has 0 aliphatic heterocycles. The Morgan fingerprint density at radius 1 is 1.40 bits per heavy atom. The molecule has 0 unspecified atom stereocenters. The second-order valence-corrected chi connectivity index (χ2v) is 5.66. The molecule has 20 heavy (non-hydrogen) atoms. The minimum Gasteiger partial charge on any atom is -0.492 e. The summed E-state index contributed by atoms with van der Waals surface area (Å²) in [6.45, 7) is 5.64. The van der Waals surface area contributed by atoms with Crippen LogP contribution in [0.15, 0.2) is 18.2 Å². The van der Waals surface area contributed by atoms with Crippen LogP contribution in [0.3, 0.4) is 0 Å². The van der Waals surface area contributed by atoms with Gasteiger partial charge >= 0.3 is 0 Å². The Balaban J connectivity index is 1.89. The lowest BCUT2D eigenvalue weighted by Crippen LogP contribution is -2.11. The molecule has 0 atom stereocenters. The largest absolute Gasteiger partial charge is 0.492 e. The molecule has 6 heteroatoms. The van der Waals surface area contributed by atoms with Gasteiger partial charge in [0.15, 0.2) is 5.82 Å². The minimum absolute atomic E-state index is 0.348. The summed E-state index contributed by atoms with van der Waals surface area (Å²) in [4.78, 5) is 0. The van der Waals surface area contributed by atoms with E-state index < -0.39 is 0 Å². The molecule has 1 aliphatic carbocycles. The molecule has 1 aromatic carbocycles. The predicted octanol–water partition coefficient (Wildman–Crippen LogP) is 2.12. The highest BCUT2D eigenvalue weighted by molar-refractivity contribution is 5.66. The highest BCUT2D eigenvalue weighted by Gasteiger charge is 2.38. The number of nitrogens with zero attached hydrogens (tertiary/aromatic N) is 4. The molecular formula is C14H19N5O. The zero-order valence-corrected chi connectivity index (χ0v) is 11.8. The lowest BCUT2D eigenvalue weighted by molar-refractivity contribution is 0.342. The molecule has 1 aliphatic rings. The van der Waals surface area contributed by atoms with Crippen LogP contribution in [-0.4, -0.2) is 26.8 Å². The zero-order chi connectivity index (χ0) is 14.2. The predicted molar refractivity (Wildman–Crippen MR) is 76.2 cm³/mol. The summed E-state index contributed by atoms with van der Waals surface area (Å²) in [5, 5.41) is 12.0. The molecule has 0 saturated heterocycles. The van der Waals surface area contributed by atoms with Gasteiger partial charge in [0, 0.05) is 5.56 Å². The first-order chi connectivity index (χ1) is 9.61. The monoisotopic (exact) mass is 273 g/mol. The smallest absolute Gasteiger partial charge is 0.182 e. The van der Waals surface area contributed by atoms with Crippen molar-refractivity contribution in [2.24, 2.45) is 5.41 Å². The lowest BCUT2D eigenvalue weighted by Gasteiger charge is -2.11. The van der Waals surface area contributed by atoms with E-state index in [-0.39, 0.29) is 0 Å². The number of hydrogen-bond acceptors (Lipinski definition) is 5. The van der Waals surface area contributed by atoms with E-state index in [4.69, 9.17) is 10.5 Å². The molecular weight excluding hydrogens is 254 g/mol. The van der Waals surface area contributed by atoms with Gasteiger partial charge in [-0.25, -0.2) is 4.68 Å². The Bertz CT molecular complexity index is 618. The molecule has 6 nitrogen and oxygen atoms in total. The molecule has 0 amide bonds. The van der Waals surface area contributed by atoms with Gasteiger partial charge < -0.3 is 10.5 Å². The summed E-state index contributed by atoms with van der Waals surface area (Å²) in [6, 6.07) is 5.67. The van der Waals surface area contributed by atoms with Gasteiger partial charge in [-0.3, -0.25) is 0 Å². The average Bonchev–Trinajstić information content (AvgIpc) is 2.97. The summed E-state index contributed by atoms with van der Waals surface area (Å²) in [5.41, 5.74) is 7.87. The Morgan fingerprint density at radius 2 is 2.20 bits per heavy atom. The van der Waals surface area contributed by atoms with Crippen molar-refractivity contribution in [3.63, 3.8) is 0 Å². The third-order valence-electron chi connectivity index (χ3n) is 3.73. The van der Waals surface area contributed by atoms with Gasteiger partial charge in [0.1, 0.15) is 5.75 Å². The second kappa shape index (κ2) is 4.77. The fraction of sp³-hybridized carbons (Fsp3) is 0.500. The summed E-state index contributed by atoms with van der Waals surface area (Å²) in [6.07, 6.45) is 2.47. The standard InChI is InChI=1S/C14H19N5O/c1-3-20-12-5-4-10(8-11(12)15)13-16-17-18-19(13)9-14(2)6-7-14/h4-5,8H,3,6-7,9,15H2,1-2H3. The first kappa shape index (κ1) is 12.9. The van der Waals surface area contributed by atoms with Gasteiger partial charge in [-0.05, 0) is 53.8 Å². The van der Waals surface area contributed by atoms with Crippen LogP contribution in [0.4, 0.5) is 5.69 Å². The lowest BCUT2D eigenvalue weighted by atomic mass is 10.1. The van der Waals surface area contributed by atoms with Crippen molar-refractivity contribution in [3.05, 3.63) is 18.2 Å². The van der Waals surface area contributed by atoms with E-state index in [1.54, 1.807) is 0 Å². The van der Waals surface area contributed by atoms with Crippen molar-refractivity contribution < 1.29 is 4.74 Å². The molecule has 1 saturated carbocycles. The van der Waals surface area contributed by atoms with E-state index in [9.17, 15) is 0 Å². The van der Waals surface area contributed by atoms with Crippen LogP contribution in [0.2, 0.25) is 0 Å². The van der Waals surface area contributed by atoms with E-state index >= 15 is 0 Å². The molecule has 1 fully saturated rings. The van der Waals surface area contributed by atoms with E-state index in [0.29, 0.717) is 23.5 Å². The Kier molecular flexibility index (Phi) is 3.08. The molecule has 0 radical (unpaired) electrons. The summed E-state index contributed by atoms with van der Waals surface area (Å²) in [5.74, 6) is 1.46. The van der Waals surface area contributed by atoms with Crippen molar-refractivity contribution in [2.45, 2.75) is 33.2 Å². The number of hydrogen-bond donors (Lipinski definition) is 1. The van der Waals surface area contributed by atoms with Crippen LogP contribution < -0.4 is 10.5 Å². The van der Waals surface area contributed by atoms with Gasteiger partial charge in [-0.2, -0.15) is 0 Å². The quantitative estimate of drug-likeness (QED) is 0.844. The summed E-state index contributed by atoms with van der Waals surface area (Å²) < 4.78 is 7.31. The van der Waals surface area contributed by atoms with Crippen LogP contribution >= 0.6 is 0 Å². The number of nitrogen functional groups attached to an aromatic ring is 1. The number of anilines is 1. The maximum atomic E-state index is 6.00. The van der Waals surface area contributed by atoms with Crippen molar-refractivity contribution in [2.75, 3.05) is 12.3 Å². The van der Waals surface area contributed by atoms with E-state index in [1.807, 2.05) is 29.8 Å². The molecule has 1 aromatic heterocycles. The fourth-order valence-electron chi connectivity index (χ4n) is 2.23. The topological polar surface area (TPSA) is 78.9 Å². The molecule has 1 heterocycles. The Morgan fingerprint density at radius 3 is 2.85 bits per heavy atom. The van der Waals surface area contributed by atoms with Crippen molar-refractivity contribution >= 4 is 5.69 Å². The Hall–Kier alpha value is -2.11. The third-order valence-corrected chi connectivity index (χ3v) is 3.73. The second-order valence-electron chi connectivity index (χ2n) is 5.66. The fourth-order valence-corrected chi connectivity index (χ4v) is 2.23. The maximum absolute atomic E-state index is 6.00. The number of rotatable bonds is 5. The number of tetrazole rings is 1. The first-order valence-corrected chi connectivity index (χ1v) is 6.90. The number of benzene rings is 1. The van der Waals surface area contributed by atoms with Crippen LogP contribution in [0.25, 0.3) is 11.4 Å². The molecule has 0 bridgehead atoms. The summed E-state index contributed by atoms with van der Waals surface area (Å²) in [7, 11) is 0. The number of nitrogens with two attached hydrogens (primary N) is 1. The third kappa shape index (κ3) is 2.45. The maximum Gasteiger partial charge on any atom is 0.182 e. The molecule has 106 valence electrons. The molecule has 0 spiro atoms. The van der Waals surface area contributed by atoms with Crippen LogP contribution in [0, 0.1) is 5.41 Å². The SMILES string of the molecule is CCOc1ccc(-c2nnnn2CC2(C)CC2)cc1N. The van der Waals surface area contributed by atoms with Crippen LogP contribution in [0.5, 0.6) is 5.75 Å². The highest BCUT2D eigenvalue weighted by Crippen LogP contribution is 2.46. The Labute approximate surface area is 117 Å². The molecule has 2 N–H and O–H groups in total. The molecule has 3 rings (SSSR count). The highest BCUT2D eigenvalue weighted by atomic mass is 16.5. The van der Waals surface area contributed by atoms with Gasteiger partial charge in [0.25, 0.3) is 0 Å². The number of ether oxygens (including phenoxy) is 1. The van der Waals surface area contributed by atoms with Crippen LogP contribution in [0.1, 0.15) is 26.7 Å². The van der Waals surface area contributed by atoms with Gasteiger partial charge in [0.2, 0.25) is 0 Å². The zero-order valence-electron chi connectivity index (χ0n) is 11.8. The van der Waals surface area contributed by atoms with E-state index in [0.717, 1.165) is 17.9 Å². The molecule has 2 aromatic rings. The van der Waals surface area contributed by atoms with E-state index in [2.05, 4.69) is 22.4 Å². The first-order valence-electron chi connectivity index (χ1n) is 6.90. The minimum atomic E-state index is 0.348. The summed E-state index contributed by atoms with van der Waals surface area (Å²) >= 11 is 0. The number of aromatic nitrogens is 4. The van der Waals surface area contributed by atoms with Gasteiger partial charge in [-0.15, -0.1) is 5.10 Å². The van der Waals surface area contributed by atoms with Crippen molar-refractivity contribution in [3.8, 4) is 17.1 Å².